The van der Waals surface area contributed by atoms with E-state index in [2.05, 4.69) is 10.6 Å². The zero-order valence-electron chi connectivity index (χ0n) is 14.1. The molecule has 0 fully saturated rings. The van der Waals surface area contributed by atoms with Gasteiger partial charge in [0.2, 0.25) is 12.3 Å². The normalized spacial score (nSPS) is 10.5. The Hall–Kier alpha value is -2.79. The van der Waals surface area contributed by atoms with E-state index in [1.54, 1.807) is 36.7 Å². The van der Waals surface area contributed by atoms with Gasteiger partial charge in [-0.2, -0.15) is 0 Å². The summed E-state index contributed by atoms with van der Waals surface area (Å²) in [5.74, 6) is -0.161. The van der Waals surface area contributed by atoms with Gasteiger partial charge in [0.15, 0.2) is 0 Å². The highest BCUT2D eigenvalue weighted by atomic mass is 35.5. The minimum Gasteiger partial charge on any atom is -0.381 e. The monoisotopic (exact) mass is 357 g/mol. The molecule has 6 heteroatoms. The lowest BCUT2D eigenvalue weighted by molar-refractivity contribution is -0.115. The van der Waals surface area contributed by atoms with Gasteiger partial charge in [0.1, 0.15) is 0 Å². The van der Waals surface area contributed by atoms with Crippen LogP contribution in [0.1, 0.15) is 11.1 Å². The number of nitrogens with one attached hydrogen (secondary N) is 2. The van der Waals surface area contributed by atoms with Crippen molar-refractivity contribution < 1.29 is 9.59 Å². The summed E-state index contributed by atoms with van der Waals surface area (Å²) < 4.78 is 0. The summed E-state index contributed by atoms with van der Waals surface area (Å²) in [7, 11) is 0. The minimum absolute atomic E-state index is 0.0948. The number of aryl methyl sites for hydroxylation is 2. The number of para-hydroxylation sites is 1. The summed E-state index contributed by atoms with van der Waals surface area (Å²) in [6, 6.07) is 12.7. The molecule has 0 saturated carbocycles. The smallest absolute Gasteiger partial charge is 0.243 e. The average Bonchev–Trinajstić information content (AvgIpc) is 2.59. The first-order valence-corrected chi connectivity index (χ1v) is 8.14. The molecule has 0 heterocycles. The lowest BCUT2D eigenvalue weighted by Gasteiger charge is -2.13. The van der Waals surface area contributed by atoms with Gasteiger partial charge in [-0.1, -0.05) is 29.8 Å². The van der Waals surface area contributed by atoms with E-state index in [-0.39, 0.29) is 12.5 Å². The molecule has 2 rings (SSSR count). The minimum atomic E-state index is -0.161. The van der Waals surface area contributed by atoms with Crippen molar-refractivity contribution in [1.29, 1.82) is 0 Å². The zero-order valence-corrected chi connectivity index (χ0v) is 14.9. The van der Waals surface area contributed by atoms with Crippen molar-refractivity contribution >= 4 is 35.3 Å². The third kappa shape index (κ3) is 5.36. The molecular weight excluding hydrogens is 338 g/mol. The van der Waals surface area contributed by atoms with Crippen molar-refractivity contribution in [3.8, 4) is 0 Å². The largest absolute Gasteiger partial charge is 0.381 e. The van der Waals surface area contributed by atoms with Crippen LogP contribution in [0.15, 0.2) is 54.9 Å². The number of hydrogen-bond acceptors (Lipinski definition) is 3. The maximum absolute atomic E-state index is 12.0. The standard InChI is InChI=1S/C19H20ClN3O2/c1-14-4-3-5-15(2)19(14)22-18(25)12-21-10-11-23(13-24)17-8-6-16(20)7-9-17/h3-11,13,21H,12H2,1-2H3,(H,22,25)/b11-10-. The van der Waals surface area contributed by atoms with E-state index in [4.69, 9.17) is 11.6 Å². The maximum Gasteiger partial charge on any atom is 0.243 e. The third-order valence-electron chi connectivity index (χ3n) is 3.60. The van der Waals surface area contributed by atoms with Gasteiger partial charge in [0.25, 0.3) is 0 Å². The fourth-order valence-corrected chi connectivity index (χ4v) is 2.40. The summed E-state index contributed by atoms with van der Waals surface area (Å²) in [5.41, 5.74) is 3.53. The highest BCUT2D eigenvalue weighted by Crippen LogP contribution is 2.19. The van der Waals surface area contributed by atoms with E-state index < -0.39 is 0 Å². The molecule has 25 heavy (non-hydrogen) atoms. The predicted molar refractivity (Wildman–Crippen MR) is 102 cm³/mol. The molecule has 0 radical (unpaired) electrons. The number of rotatable bonds is 7. The second kappa shape index (κ2) is 8.89. The topological polar surface area (TPSA) is 61.4 Å². The molecule has 0 bridgehead atoms. The molecule has 0 unspecified atom stereocenters. The highest BCUT2D eigenvalue weighted by Gasteiger charge is 2.06. The van der Waals surface area contributed by atoms with Gasteiger partial charge in [-0.25, -0.2) is 0 Å². The van der Waals surface area contributed by atoms with Gasteiger partial charge in [-0.05, 0) is 49.2 Å². The van der Waals surface area contributed by atoms with E-state index in [0.717, 1.165) is 16.8 Å². The third-order valence-corrected chi connectivity index (χ3v) is 3.85. The number of carbonyl (C=O) groups excluding carboxylic acids is 2. The first-order valence-electron chi connectivity index (χ1n) is 7.76. The maximum atomic E-state index is 12.0. The second-order valence-electron chi connectivity index (χ2n) is 5.50. The molecule has 0 aliphatic carbocycles. The van der Waals surface area contributed by atoms with Gasteiger partial charge in [0, 0.05) is 28.8 Å². The molecule has 2 N–H and O–H groups in total. The predicted octanol–water partition coefficient (Wildman–Crippen LogP) is 3.62. The Kier molecular flexibility index (Phi) is 6.60. The molecule has 0 aliphatic heterocycles. The van der Waals surface area contributed by atoms with Crippen molar-refractivity contribution in [3.63, 3.8) is 0 Å². The Morgan fingerprint density at radius 1 is 1.12 bits per heavy atom. The highest BCUT2D eigenvalue weighted by molar-refractivity contribution is 6.30. The van der Waals surface area contributed by atoms with Gasteiger partial charge in [0.05, 0.1) is 6.54 Å². The van der Waals surface area contributed by atoms with Crippen LogP contribution in [0.4, 0.5) is 11.4 Å². The Balaban J connectivity index is 1.88. The van der Waals surface area contributed by atoms with Gasteiger partial charge in [-0.3, -0.25) is 14.5 Å². The van der Waals surface area contributed by atoms with Crippen LogP contribution in [0.25, 0.3) is 0 Å². The van der Waals surface area contributed by atoms with E-state index in [0.29, 0.717) is 17.1 Å². The number of hydrogen-bond donors (Lipinski definition) is 2. The molecule has 130 valence electrons. The number of amides is 2. The van der Waals surface area contributed by atoms with Gasteiger partial charge < -0.3 is 10.6 Å². The lowest BCUT2D eigenvalue weighted by Crippen LogP contribution is -2.26. The zero-order chi connectivity index (χ0) is 18.2. The fraction of sp³-hybridized carbons (Fsp3) is 0.158. The van der Waals surface area contributed by atoms with E-state index >= 15 is 0 Å². The summed E-state index contributed by atoms with van der Waals surface area (Å²) in [6.45, 7) is 3.99. The Morgan fingerprint density at radius 2 is 1.76 bits per heavy atom. The molecule has 2 aromatic rings. The van der Waals surface area contributed by atoms with E-state index in [1.807, 2.05) is 32.0 Å². The van der Waals surface area contributed by atoms with E-state index in [9.17, 15) is 9.59 Å². The lowest BCUT2D eigenvalue weighted by atomic mass is 10.1. The Morgan fingerprint density at radius 3 is 2.36 bits per heavy atom. The van der Waals surface area contributed by atoms with Crippen LogP contribution < -0.4 is 15.5 Å². The molecule has 2 amide bonds. The number of benzene rings is 2. The fourth-order valence-electron chi connectivity index (χ4n) is 2.28. The van der Waals surface area contributed by atoms with Crippen LogP contribution in [0.2, 0.25) is 5.02 Å². The number of anilines is 2. The second-order valence-corrected chi connectivity index (χ2v) is 5.94. The molecule has 0 spiro atoms. The van der Waals surface area contributed by atoms with Crippen LogP contribution in [0, 0.1) is 13.8 Å². The summed E-state index contributed by atoms with van der Waals surface area (Å²) in [5, 5.41) is 6.35. The number of carbonyl (C=O) groups is 2. The molecule has 0 aromatic heterocycles. The molecule has 5 nitrogen and oxygen atoms in total. The van der Waals surface area contributed by atoms with E-state index in [1.165, 1.54) is 4.90 Å². The van der Waals surface area contributed by atoms with Crippen LogP contribution in [-0.4, -0.2) is 18.9 Å². The summed E-state index contributed by atoms with van der Waals surface area (Å²) in [6.07, 6.45) is 3.77. The molecular formula is C19H20ClN3O2. The van der Waals surface area contributed by atoms with Gasteiger partial charge in [-0.15, -0.1) is 0 Å². The van der Waals surface area contributed by atoms with Crippen molar-refractivity contribution in [2.24, 2.45) is 0 Å². The Labute approximate surface area is 152 Å². The van der Waals surface area contributed by atoms with Crippen LogP contribution >= 0.6 is 11.6 Å². The van der Waals surface area contributed by atoms with Crippen LogP contribution in [0.3, 0.4) is 0 Å². The first-order chi connectivity index (χ1) is 12.0. The molecule has 2 aromatic carbocycles. The van der Waals surface area contributed by atoms with Crippen LogP contribution in [0.5, 0.6) is 0 Å². The molecule has 0 aliphatic rings. The van der Waals surface area contributed by atoms with Crippen molar-refractivity contribution in [1.82, 2.24) is 5.32 Å². The van der Waals surface area contributed by atoms with Crippen molar-refractivity contribution in [2.75, 3.05) is 16.8 Å². The molecule has 0 atom stereocenters. The number of halogens is 1. The Bertz CT molecular complexity index is 752. The van der Waals surface area contributed by atoms with Crippen molar-refractivity contribution in [2.45, 2.75) is 13.8 Å². The SMILES string of the molecule is Cc1cccc(C)c1NC(=O)CN/C=C\N(C=O)c1ccc(Cl)cc1. The quantitative estimate of drug-likeness (QED) is 0.744. The summed E-state index contributed by atoms with van der Waals surface area (Å²) in [4.78, 5) is 24.6. The number of nitrogens with zero attached hydrogens (tertiary/aromatic N) is 1. The van der Waals surface area contributed by atoms with Gasteiger partial charge >= 0.3 is 0 Å². The summed E-state index contributed by atoms with van der Waals surface area (Å²) >= 11 is 5.83. The van der Waals surface area contributed by atoms with Crippen molar-refractivity contribution in [3.05, 3.63) is 71.0 Å². The average molecular weight is 358 g/mol. The van der Waals surface area contributed by atoms with Crippen LogP contribution in [-0.2, 0) is 9.59 Å². The molecule has 0 saturated heterocycles. The first kappa shape index (κ1) is 18.5.